The topological polar surface area (TPSA) is 52.6 Å². The van der Waals surface area contributed by atoms with Gasteiger partial charge < -0.3 is 5.11 Å². The third kappa shape index (κ3) is 1.67. The van der Waals surface area contributed by atoms with Crippen LogP contribution in [0.3, 0.4) is 0 Å². The first-order chi connectivity index (χ1) is 10.8. The summed E-state index contributed by atoms with van der Waals surface area (Å²) in [6.45, 7) is 0.393. The maximum absolute atomic E-state index is 13.7. The van der Waals surface area contributed by atoms with Crippen LogP contribution in [0.4, 0.5) is 18.9 Å². The third-order valence-electron chi connectivity index (χ3n) is 5.56. The van der Waals surface area contributed by atoms with Crippen LogP contribution in [0.2, 0.25) is 0 Å². The predicted molar refractivity (Wildman–Crippen MR) is 76.5 cm³/mol. The van der Waals surface area contributed by atoms with Crippen molar-refractivity contribution in [1.29, 1.82) is 0 Å². The standard InChI is InChI=1S/C16H17F3N2O2/c17-16(18,19)15(23)12-7-3-4-8-14(12)20-9-10-5-1-2-6-11(10)21(14)13(15)22/h1-2,5-6,12,20,23H,3-4,7-9H2/t12-,14+,15-/m0/s1. The molecule has 4 nitrogen and oxygen atoms in total. The summed E-state index contributed by atoms with van der Waals surface area (Å²) in [6.07, 6.45) is -3.10. The molecule has 1 saturated carbocycles. The van der Waals surface area contributed by atoms with Crippen LogP contribution in [0.25, 0.3) is 0 Å². The molecule has 2 N–H and O–H groups in total. The number of fused-ring (bicyclic) bond motifs is 2. The molecule has 0 radical (unpaired) electrons. The quantitative estimate of drug-likeness (QED) is 0.769. The maximum Gasteiger partial charge on any atom is 0.426 e. The first-order valence-corrected chi connectivity index (χ1v) is 7.79. The van der Waals surface area contributed by atoms with Gasteiger partial charge in [-0.2, -0.15) is 13.2 Å². The van der Waals surface area contributed by atoms with Crippen molar-refractivity contribution in [1.82, 2.24) is 5.32 Å². The molecule has 2 aliphatic heterocycles. The number of hydrogen-bond donors (Lipinski definition) is 2. The van der Waals surface area contributed by atoms with Crippen LogP contribution < -0.4 is 10.2 Å². The average Bonchev–Trinajstić information content (AvgIpc) is 2.74. The number of hydrogen-bond acceptors (Lipinski definition) is 3. The Bertz CT molecular complexity index is 678. The largest absolute Gasteiger partial charge is 0.426 e. The van der Waals surface area contributed by atoms with Crippen molar-refractivity contribution < 1.29 is 23.1 Å². The van der Waals surface area contributed by atoms with Crippen molar-refractivity contribution in [2.24, 2.45) is 5.92 Å². The number of benzene rings is 1. The van der Waals surface area contributed by atoms with E-state index in [-0.39, 0.29) is 6.42 Å². The molecule has 1 amide bonds. The van der Waals surface area contributed by atoms with Gasteiger partial charge in [0, 0.05) is 12.5 Å². The average molecular weight is 326 g/mol. The van der Waals surface area contributed by atoms with E-state index >= 15 is 0 Å². The van der Waals surface area contributed by atoms with E-state index < -0.39 is 29.3 Å². The molecular formula is C16H17F3N2O2. The van der Waals surface area contributed by atoms with E-state index in [0.29, 0.717) is 25.1 Å². The number of halogens is 3. The lowest BCUT2D eigenvalue weighted by Crippen LogP contribution is -2.64. The van der Waals surface area contributed by atoms with Crippen molar-refractivity contribution in [3.63, 3.8) is 0 Å². The summed E-state index contributed by atoms with van der Waals surface area (Å²) in [5, 5.41) is 13.6. The van der Waals surface area contributed by atoms with Crippen LogP contribution >= 0.6 is 0 Å². The van der Waals surface area contributed by atoms with E-state index in [0.717, 1.165) is 12.0 Å². The van der Waals surface area contributed by atoms with E-state index in [1.54, 1.807) is 24.3 Å². The zero-order valence-electron chi connectivity index (χ0n) is 12.4. The lowest BCUT2D eigenvalue weighted by Gasteiger charge is -2.49. The van der Waals surface area contributed by atoms with Crippen LogP contribution in [-0.4, -0.2) is 28.5 Å². The van der Waals surface area contributed by atoms with Gasteiger partial charge in [0.1, 0.15) is 5.66 Å². The van der Waals surface area contributed by atoms with Gasteiger partial charge in [0.05, 0.1) is 5.69 Å². The van der Waals surface area contributed by atoms with Crippen LogP contribution in [0.5, 0.6) is 0 Å². The monoisotopic (exact) mass is 326 g/mol. The molecule has 124 valence electrons. The van der Waals surface area contributed by atoms with Gasteiger partial charge in [0.2, 0.25) is 5.60 Å². The van der Waals surface area contributed by atoms with Crippen LogP contribution in [0.1, 0.15) is 31.2 Å². The Morgan fingerprint density at radius 2 is 2.00 bits per heavy atom. The summed E-state index contributed by atoms with van der Waals surface area (Å²) >= 11 is 0. The van der Waals surface area contributed by atoms with Gasteiger partial charge >= 0.3 is 6.18 Å². The number of rotatable bonds is 0. The van der Waals surface area contributed by atoms with Crippen LogP contribution in [0, 0.1) is 5.92 Å². The highest BCUT2D eigenvalue weighted by Gasteiger charge is 2.77. The highest BCUT2D eigenvalue weighted by atomic mass is 19.4. The Labute approximate surface area is 131 Å². The molecule has 1 spiro atoms. The SMILES string of the molecule is O=C1N2c3ccccc3CN[C@]23CCCC[C@@H]3[C@@]1(O)C(F)(F)F. The van der Waals surface area contributed by atoms with E-state index in [2.05, 4.69) is 5.32 Å². The number of nitrogens with zero attached hydrogens (tertiary/aromatic N) is 1. The lowest BCUT2D eigenvalue weighted by atomic mass is 9.72. The number of para-hydroxylation sites is 1. The molecule has 2 heterocycles. The molecule has 7 heteroatoms. The summed E-state index contributed by atoms with van der Waals surface area (Å²) in [7, 11) is 0. The maximum atomic E-state index is 13.7. The van der Waals surface area contributed by atoms with E-state index in [1.165, 1.54) is 4.90 Å². The summed E-state index contributed by atoms with van der Waals surface area (Å²) in [4.78, 5) is 13.9. The highest BCUT2D eigenvalue weighted by molar-refractivity contribution is 6.05. The molecule has 23 heavy (non-hydrogen) atoms. The normalized spacial score (nSPS) is 36.4. The van der Waals surface area contributed by atoms with Crippen LogP contribution in [-0.2, 0) is 11.3 Å². The number of amides is 1. The van der Waals surface area contributed by atoms with Crippen LogP contribution in [0.15, 0.2) is 24.3 Å². The summed E-state index contributed by atoms with van der Waals surface area (Å²) in [6, 6.07) is 6.93. The van der Waals surface area contributed by atoms with Gasteiger partial charge in [0.15, 0.2) is 0 Å². The molecule has 4 rings (SSSR count). The molecule has 1 aliphatic carbocycles. The lowest BCUT2D eigenvalue weighted by molar-refractivity contribution is -0.266. The fourth-order valence-corrected chi connectivity index (χ4v) is 4.54. The predicted octanol–water partition coefficient (Wildman–Crippen LogP) is 2.32. The van der Waals surface area contributed by atoms with E-state index in [1.807, 2.05) is 0 Å². The molecule has 1 aromatic carbocycles. The zero-order valence-corrected chi connectivity index (χ0v) is 12.4. The van der Waals surface area contributed by atoms with Crippen molar-refractivity contribution in [2.75, 3.05) is 4.90 Å². The first-order valence-electron chi connectivity index (χ1n) is 7.79. The molecule has 0 aromatic heterocycles. The molecule has 1 aromatic rings. The molecule has 1 saturated heterocycles. The zero-order chi connectivity index (χ0) is 16.5. The second-order valence-corrected chi connectivity index (χ2v) is 6.61. The highest BCUT2D eigenvalue weighted by Crippen LogP contribution is 2.57. The summed E-state index contributed by atoms with van der Waals surface area (Å²) < 4.78 is 41.0. The van der Waals surface area contributed by atoms with E-state index in [4.69, 9.17) is 0 Å². The van der Waals surface area contributed by atoms with Gasteiger partial charge in [-0.25, -0.2) is 0 Å². The second-order valence-electron chi connectivity index (χ2n) is 6.61. The number of anilines is 1. The van der Waals surface area contributed by atoms with Gasteiger partial charge in [0.25, 0.3) is 5.91 Å². The van der Waals surface area contributed by atoms with Crippen molar-refractivity contribution >= 4 is 11.6 Å². The fourth-order valence-electron chi connectivity index (χ4n) is 4.54. The van der Waals surface area contributed by atoms with Crippen molar-refractivity contribution in [2.45, 2.75) is 49.7 Å². The smallest absolute Gasteiger partial charge is 0.372 e. The summed E-state index contributed by atoms with van der Waals surface area (Å²) in [5.41, 5.74) is -3.23. The number of carbonyl (C=O) groups excluding carboxylic acids is 1. The third-order valence-corrected chi connectivity index (χ3v) is 5.56. The molecule has 3 aliphatic rings. The number of alkyl halides is 3. The van der Waals surface area contributed by atoms with Gasteiger partial charge in [-0.15, -0.1) is 0 Å². The molecule has 0 bridgehead atoms. The Hall–Kier alpha value is -1.60. The Morgan fingerprint density at radius 1 is 1.26 bits per heavy atom. The molecule has 2 fully saturated rings. The Morgan fingerprint density at radius 3 is 2.74 bits per heavy atom. The summed E-state index contributed by atoms with van der Waals surface area (Å²) in [5.74, 6) is -2.44. The number of carbonyl (C=O) groups is 1. The minimum atomic E-state index is -4.99. The fraction of sp³-hybridized carbons (Fsp3) is 0.562. The van der Waals surface area contributed by atoms with Gasteiger partial charge in [-0.1, -0.05) is 24.6 Å². The first kappa shape index (κ1) is 15.0. The van der Waals surface area contributed by atoms with Gasteiger partial charge in [-0.3, -0.25) is 15.0 Å². The minimum Gasteiger partial charge on any atom is -0.372 e. The Kier molecular flexibility index (Phi) is 2.91. The van der Waals surface area contributed by atoms with Crippen molar-refractivity contribution in [3.05, 3.63) is 29.8 Å². The molecule has 3 atom stereocenters. The molecular weight excluding hydrogens is 309 g/mol. The molecule has 0 unspecified atom stereocenters. The van der Waals surface area contributed by atoms with Gasteiger partial charge in [-0.05, 0) is 30.9 Å². The second kappa shape index (κ2) is 4.48. The number of nitrogens with one attached hydrogen (secondary N) is 1. The Balaban J connectivity index is 1.95. The van der Waals surface area contributed by atoms with Crippen molar-refractivity contribution in [3.8, 4) is 0 Å². The van der Waals surface area contributed by atoms with E-state index in [9.17, 15) is 23.1 Å². The minimum absolute atomic E-state index is 0.174. The number of aliphatic hydroxyl groups is 1.